The van der Waals surface area contributed by atoms with E-state index in [1.165, 1.54) is 20.6 Å². The van der Waals surface area contributed by atoms with Crippen LogP contribution in [-0.4, -0.2) is 65.4 Å². The van der Waals surface area contributed by atoms with Gasteiger partial charge in [0.2, 0.25) is 0 Å². The van der Waals surface area contributed by atoms with Crippen molar-refractivity contribution < 1.29 is 18.9 Å². The zero-order chi connectivity index (χ0) is 18.5. The summed E-state index contributed by atoms with van der Waals surface area (Å²) in [7, 11) is 3.38. The van der Waals surface area contributed by atoms with E-state index in [-0.39, 0.29) is 0 Å². The fourth-order valence-corrected chi connectivity index (χ4v) is 4.27. The van der Waals surface area contributed by atoms with E-state index in [2.05, 4.69) is 36.4 Å². The van der Waals surface area contributed by atoms with Gasteiger partial charge in [0.1, 0.15) is 0 Å². The molecule has 0 N–H and O–H groups in total. The average Bonchev–Trinajstić information content (AvgIpc) is 2.67. The van der Waals surface area contributed by atoms with E-state index in [1.54, 1.807) is 14.2 Å². The lowest BCUT2D eigenvalue weighted by Crippen LogP contribution is -2.04. The van der Waals surface area contributed by atoms with Crippen molar-refractivity contribution in [2.45, 2.75) is 9.79 Å². The Balaban J connectivity index is 1.88. The zero-order valence-corrected chi connectivity index (χ0v) is 17.2. The first-order valence-corrected chi connectivity index (χ1v) is 10.7. The van der Waals surface area contributed by atoms with Crippen LogP contribution in [0, 0.1) is 0 Å². The Morgan fingerprint density at radius 3 is 1.50 bits per heavy atom. The third-order valence-electron chi connectivity index (χ3n) is 3.68. The number of methoxy groups -OCH3 is 2. The number of hydrogen-bond donors (Lipinski definition) is 0. The largest absolute Gasteiger partial charge is 0.382 e. The van der Waals surface area contributed by atoms with Gasteiger partial charge in [0.25, 0.3) is 0 Å². The van der Waals surface area contributed by atoms with E-state index in [9.17, 15) is 0 Å². The van der Waals surface area contributed by atoms with Crippen molar-refractivity contribution in [3.63, 3.8) is 0 Å². The minimum atomic E-state index is 0.648. The summed E-state index contributed by atoms with van der Waals surface area (Å²) in [5, 5.41) is 2.61. The quantitative estimate of drug-likeness (QED) is 0.349. The summed E-state index contributed by atoms with van der Waals surface area (Å²) in [5.41, 5.74) is 0. The molecule has 2 rings (SSSR count). The number of hydrogen-bond acceptors (Lipinski definition) is 6. The van der Waals surface area contributed by atoms with Gasteiger partial charge in [-0.05, 0) is 22.9 Å². The summed E-state index contributed by atoms with van der Waals surface area (Å²) in [6, 6.07) is 13.0. The number of ether oxygens (including phenoxy) is 4. The van der Waals surface area contributed by atoms with Crippen molar-refractivity contribution in [1.82, 2.24) is 0 Å². The maximum atomic E-state index is 5.55. The molecule has 0 aromatic heterocycles. The van der Waals surface area contributed by atoms with Crippen LogP contribution >= 0.6 is 23.5 Å². The number of fused-ring (bicyclic) bond motifs is 1. The summed E-state index contributed by atoms with van der Waals surface area (Å²) in [5.74, 6) is 1.88. The van der Waals surface area contributed by atoms with E-state index in [0.29, 0.717) is 26.4 Å². The molecule has 0 spiro atoms. The molecular weight excluding hydrogens is 368 g/mol. The van der Waals surface area contributed by atoms with E-state index >= 15 is 0 Å². The van der Waals surface area contributed by atoms with Crippen LogP contribution in [0.1, 0.15) is 0 Å². The molecule has 0 saturated heterocycles. The number of rotatable bonds is 14. The van der Waals surface area contributed by atoms with Gasteiger partial charge < -0.3 is 18.9 Å². The maximum Gasteiger partial charge on any atom is 0.0700 e. The normalized spacial score (nSPS) is 11.3. The monoisotopic (exact) mass is 396 g/mol. The minimum Gasteiger partial charge on any atom is -0.382 e. The number of thioether (sulfide) groups is 2. The molecule has 0 unspecified atom stereocenters. The highest BCUT2D eigenvalue weighted by Crippen LogP contribution is 2.33. The molecule has 0 saturated carbocycles. The van der Waals surface area contributed by atoms with Crippen molar-refractivity contribution in [2.75, 3.05) is 65.4 Å². The average molecular weight is 397 g/mol. The predicted molar refractivity (Wildman–Crippen MR) is 111 cm³/mol. The molecule has 4 nitrogen and oxygen atoms in total. The molecule has 144 valence electrons. The van der Waals surface area contributed by atoms with Crippen LogP contribution in [0.25, 0.3) is 10.8 Å². The molecule has 0 fully saturated rings. The second-order valence-corrected chi connectivity index (χ2v) is 7.79. The van der Waals surface area contributed by atoms with E-state index in [4.69, 9.17) is 18.9 Å². The molecule has 6 heteroatoms. The molecule has 0 aliphatic carbocycles. The molecule has 0 aliphatic heterocycles. The fourth-order valence-electron chi connectivity index (χ4n) is 2.41. The highest BCUT2D eigenvalue weighted by Gasteiger charge is 2.06. The van der Waals surface area contributed by atoms with Crippen molar-refractivity contribution in [2.24, 2.45) is 0 Å². The molecule has 0 bridgehead atoms. The molecule has 0 heterocycles. The van der Waals surface area contributed by atoms with Crippen LogP contribution in [0.4, 0.5) is 0 Å². The summed E-state index contributed by atoms with van der Waals surface area (Å²) < 4.78 is 21.1. The predicted octanol–water partition coefficient (Wildman–Crippen LogP) is 4.35. The van der Waals surface area contributed by atoms with Crippen LogP contribution in [0.15, 0.2) is 46.2 Å². The van der Waals surface area contributed by atoms with Gasteiger partial charge in [-0.1, -0.05) is 24.3 Å². The molecule has 0 radical (unpaired) electrons. The second-order valence-electron chi connectivity index (χ2n) is 5.51. The van der Waals surface area contributed by atoms with E-state index in [0.717, 1.165) is 24.7 Å². The maximum absolute atomic E-state index is 5.55. The molecule has 0 aliphatic rings. The molecular formula is C20H28O4S2. The summed E-state index contributed by atoms with van der Waals surface area (Å²) in [6.45, 7) is 4.07. The number of benzene rings is 2. The van der Waals surface area contributed by atoms with Crippen LogP contribution in [0.3, 0.4) is 0 Å². The van der Waals surface area contributed by atoms with Gasteiger partial charge in [0.15, 0.2) is 0 Å². The van der Waals surface area contributed by atoms with Crippen molar-refractivity contribution in [3.05, 3.63) is 36.4 Å². The zero-order valence-electron chi connectivity index (χ0n) is 15.6. The van der Waals surface area contributed by atoms with E-state index < -0.39 is 0 Å². The Morgan fingerprint density at radius 2 is 1.08 bits per heavy atom. The molecule has 2 aromatic rings. The first-order chi connectivity index (χ1) is 12.9. The fraction of sp³-hybridized carbons (Fsp3) is 0.500. The third-order valence-corrected chi connectivity index (χ3v) is 5.75. The van der Waals surface area contributed by atoms with Gasteiger partial charge in [-0.3, -0.25) is 0 Å². The summed E-state index contributed by atoms with van der Waals surface area (Å²) in [4.78, 5) is 2.60. The topological polar surface area (TPSA) is 36.9 Å². The lowest BCUT2D eigenvalue weighted by Gasteiger charge is -2.11. The Kier molecular flexibility index (Phi) is 11.1. The molecule has 0 amide bonds. The first kappa shape index (κ1) is 21.5. The summed E-state index contributed by atoms with van der Waals surface area (Å²) >= 11 is 3.68. The summed E-state index contributed by atoms with van der Waals surface area (Å²) in [6.07, 6.45) is 0. The lowest BCUT2D eigenvalue weighted by atomic mass is 10.1. The van der Waals surface area contributed by atoms with Gasteiger partial charge in [-0.25, -0.2) is 0 Å². The highest BCUT2D eigenvalue weighted by atomic mass is 32.2. The third kappa shape index (κ3) is 7.47. The second kappa shape index (κ2) is 13.4. The SMILES string of the molecule is COCCOCCSc1cccc2c(SCCOCCOC)cccc12. The first-order valence-electron chi connectivity index (χ1n) is 8.77. The van der Waals surface area contributed by atoms with Gasteiger partial charge in [0, 0.05) is 35.5 Å². The molecule has 0 atom stereocenters. The van der Waals surface area contributed by atoms with Gasteiger partial charge in [-0.15, -0.1) is 23.5 Å². The van der Waals surface area contributed by atoms with Crippen molar-refractivity contribution in [1.29, 1.82) is 0 Å². The Morgan fingerprint density at radius 1 is 0.615 bits per heavy atom. The van der Waals surface area contributed by atoms with Gasteiger partial charge in [-0.2, -0.15) is 0 Å². The van der Waals surface area contributed by atoms with E-state index in [1.807, 2.05) is 23.5 Å². The highest BCUT2D eigenvalue weighted by molar-refractivity contribution is 8.00. The van der Waals surface area contributed by atoms with Crippen LogP contribution in [0.5, 0.6) is 0 Å². The smallest absolute Gasteiger partial charge is 0.0700 e. The van der Waals surface area contributed by atoms with Gasteiger partial charge >= 0.3 is 0 Å². The van der Waals surface area contributed by atoms with Gasteiger partial charge in [0.05, 0.1) is 39.6 Å². The minimum absolute atomic E-state index is 0.648. The molecule has 2 aromatic carbocycles. The lowest BCUT2D eigenvalue weighted by molar-refractivity contribution is 0.0790. The Labute approximate surface area is 164 Å². The van der Waals surface area contributed by atoms with Crippen LogP contribution < -0.4 is 0 Å². The van der Waals surface area contributed by atoms with Crippen molar-refractivity contribution in [3.8, 4) is 0 Å². The van der Waals surface area contributed by atoms with Crippen molar-refractivity contribution >= 4 is 34.3 Å². The van der Waals surface area contributed by atoms with Crippen LogP contribution in [0.2, 0.25) is 0 Å². The molecule has 26 heavy (non-hydrogen) atoms. The Hall–Kier alpha value is -0.760. The Bertz CT molecular complexity index is 581. The van der Waals surface area contributed by atoms with Crippen LogP contribution in [-0.2, 0) is 18.9 Å². The standard InChI is InChI=1S/C20H28O4S2/c1-21-9-11-23-13-15-25-19-7-3-6-18-17(19)5-4-8-20(18)26-16-14-24-12-10-22-2/h3-8H,9-16H2,1-2H3.